The Morgan fingerprint density at radius 3 is 2.33 bits per heavy atom. The number of methoxy groups -OCH3 is 1. The van der Waals surface area contributed by atoms with E-state index in [0.29, 0.717) is 5.02 Å². The summed E-state index contributed by atoms with van der Waals surface area (Å²) in [4.78, 5) is 17.7. The van der Waals surface area contributed by atoms with Gasteiger partial charge in [-0.15, -0.1) is 11.3 Å². The van der Waals surface area contributed by atoms with Crippen LogP contribution in [0.4, 0.5) is 5.00 Å². The van der Waals surface area contributed by atoms with Crippen molar-refractivity contribution in [2.24, 2.45) is 4.99 Å². The van der Waals surface area contributed by atoms with Crippen LogP contribution in [0.3, 0.4) is 0 Å². The molecule has 7 nitrogen and oxygen atoms in total. The summed E-state index contributed by atoms with van der Waals surface area (Å²) >= 11 is 7.60. The van der Waals surface area contributed by atoms with E-state index in [1.165, 1.54) is 6.92 Å². The van der Waals surface area contributed by atoms with Gasteiger partial charge in [-0.2, -0.15) is 0 Å². The number of esters is 1. The Morgan fingerprint density at radius 2 is 1.85 bits per heavy atom. The highest BCUT2D eigenvalue weighted by atomic mass is 35.5. The van der Waals surface area contributed by atoms with Crippen molar-refractivity contribution in [2.45, 2.75) is 47.1 Å². The van der Waals surface area contributed by atoms with Crippen LogP contribution >= 0.6 is 22.9 Å². The van der Waals surface area contributed by atoms with E-state index in [9.17, 15) is 4.79 Å². The second-order valence-electron chi connectivity index (χ2n) is 8.50. The maximum absolute atomic E-state index is 10.2. The van der Waals surface area contributed by atoms with Crippen molar-refractivity contribution in [1.29, 1.82) is 10.8 Å². The molecule has 3 rings (SSSR count). The maximum atomic E-state index is 10.2. The zero-order chi connectivity index (χ0) is 24.9. The molecular formula is C24H31ClN4O3S. The predicted molar refractivity (Wildman–Crippen MR) is 137 cm³/mol. The first kappa shape index (κ1) is 26.7. The van der Waals surface area contributed by atoms with Crippen LogP contribution in [0.25, 0.3) is 0 Å². The zero-order valence-electron chi connectivity index (χ0n) is 20.1. The van der Waals surface area contributed by atoms with Gasteiger partial charge in [0.2, 0.25) is 0 Å². The van der Waals surface area contributed by atoms with E-state index in [1.54, 1.807) is 23.3 Å². The minimum absolute atomic E-state index is 0.147. The number of anilines is 1. The first-order valence-corrected chi connectivity index (χ1v) is 11.6. The molecule has 0 amide bonds. The fourth-order valence-corrected chi connectivity index (χ4v) is 4.57. The Balaban J connectivity index is 0.000000414. The van der Waals surface area contributed by atoms with Gasteiger partial charge in [0.15, 0.2) is 0 Å². The molecule has 9 heteroatoms. The lowest BCUT2D eigenvalue weighted by Crippen LogP contribution is -2.39. The number of hydrogen-bond acceptors (Lipinski definition) is 7. The first-order valence-electron chi connectivity index (χ1n) is 10.4. The molecule has 33 heavy (non-hydrogen) atoms. The summed E-state index contributed by atoms with van der Waals surface area (Å²) in [6.45, 7) is 11.4. The molecule has 1 aromatic heterocycles. The van der Waals surface area contributed by atoms with E-state index in [2.05, 4.69) is 18.8 Å². The van der Waals surface area contributed by atoms with E-state index < -0.39 is 0 Å². The molecule has 0 bridgehead atoms. The van der Waals surface area contributed by atoms with Crippen molar-refractivity contribution in [3.05, 3.63) is 50.9 Å². The molecule has 0 unspecified atom stereocenters. The van der Waals surface area contributed by atoms with Gasteiger partial charge in [0.25, 0.3) is 0 Å². The Labute approximate surface area is 204 Å². The second kappa shape index (κ2) is 11.0. The van der Waals surface area contributed by atoms with Gasteiger partial charge in [-0.1, -0.05) is 23.7 Å². The van der Waals surface area contributed by atoms with Crippen molar-refractivity contribution in [3.8, 4) is 0 Å². The van der Waals surface area contributed by atoms with Crippen molar-refractivity contribution in [2.75, 3.05) is 25.2 Å². The summed E-state index contributed by atoms with van der Waals surface area (Å²) in [6.07, 6.45) is 0. The molecule has 1 aromatic carbocycles. The average Bonchev–Trinajstić information content (AvgIpc) is 2.88. The number of carbonyl (C=O) groups is 1. The number of thiophene rings is 1. The van der Waals surface area contributed by atoms with Crippen molar-refractivity contribution in [3.63, 3.8) is 0 Å². The minimum Gasteiger partial charge on any atom is -0.460 e. The van der Waals surface area contributed by atoms with E-state index in [0.717, 1.165) is 32.3 Å². The van der Waals surface area contributed by atoms with E-state index in [4.69, 9.17) is 31.9 Å². The van der Waals surface area contributed by atoms with Crippen LogP contribution in [0.5, 0.6) is 0 Å². The topological polar surface area (TPSA) is 98.8 Å². The number of aliphatic imine (C=N–C) groups is 1. The molecule has 2 heterocycles. The molecule has 2 N–H and O–H groups in total. The average molecular weight is 491 g/mol. The maximum Gasteiger partial charge on any atom is 0.303 e. The fraction of sp³-hybridized carbons (Fsp3) is 0.417. The number of hydrogen-bond donors (Lipinski definition) is 2. The van der Waals surface area contributed by atoms with Crippen LogP contribution in [0.2, 0.25) is 5.02 Å². The van der Waals surface area contributed by atoms with Gasteiger partial charge >= 0.3 is 5.97 Å². The highest BCUT2D eigenvalue weighted by Crippen LogP contribution is 2.39. The lowest BCUT2D eigenvalue weighted by molar-refractivity contribution is -0.151. The number of fused-ring (bicyclic) bond motifs is 1. The highest BCUT2D eigenvalue weighted by molar-refractivity contribution is 7.17. The SMILES string of the molecule is CC(=O)OC(C)(C)C.COCC(=N)N1C(=N)CN=C(c2ccc(Cl)cc2)c2c1sc(C)c2C. The molecule has 2 aromatic rings. The number of benzene rings is 1. The summed E-state index contributed by atoms with van der Waals surface area (Å²) in [5.74, 6) is 0.286. The molecule has 178 valence electrons. The first-order chi connectivity index (χ1) is 15.4. The number of nitrogens with one attached hydrogen (secondary N) is 2. The molecule has 0 spiro atoms. The zero-order valence-corrected chi connectivity index (χ0v) is 21.7. The summed E-state index contributed by atoms with van der Waals surface area (Å²) < 4.78 is 9.91. The molecule has 1 aliphatic heterocycles. The van der Waals surface area contributed by atoms with Crippen LogP contribution in [0, 0.1) is 24.7 Å². The second-order valence-corrected chi connectivity index (χ2v) is 10.1. The number of ether oxygens (including phenoxy) is 2. The molecule has 0 atom stereocenters. The number of halogens is 1. The predicted octanol–water partition coefficient (Wildman–Crippen LogP) is 5.62. The van der Waals surface area contributed by atoms with Gasteiger partial charge in [0, 0.05) is 35.1 Å². The van der Waals surface area contributed by atoms with Crippen LogP contribution in [0.1, 0.15) is 49.3 Å². The largest absolute Gasteiger partial charge is 0.460 e. The molecule has 0 aliphatic carbocycles. The summed E-state index contributed by atoms with van der Waals surface area (Å²) in [7, 11) is 1.55. The Morgan fingerprint density at radius 1 is 1.24 bits per heavy atom. The minimum atomic E-state index is -0.328. The van der Waals surface area contributed by atoms with Gasteiger partial charge in [-0.25, -0.2) is 0 Å². The van der Waals surface area contributed by atoms with Crippen molar-refractivity contribution in [1.82, 2.24) is 0 Å². The number of rotatable bonds is 3. The number of carbonyl (C=O) groups excluding carboxylic acids is 1. The lowest BCUT2D eigenvalue weighted by Gasteiger charge is -2.22. The van der Waals surface area contributed by atoms with E-state index >= 15 is 0 Å². The van der Waals surface area contributed by atoms with E-state index in [-0.39, 0.29) is 36.4 Å². The third-order valence-electron chi connectivity index (χ3n) is 4.58. The summed E-state index contributed by atoms with van der Waals surface area (Å²) in [5.41, 5.74) is 3.57. The van der Waals surface area contributed by atoms with Crippen molar-refractivity contribution >= 4 is 51.3 Å². The monoisotopic (exact) mass is 490 g/mol. The van der Waals surface area contributed by atoms with Gasteiger partial charge in [-0.05, 0) is 52.3 Å². The Kier molecular flexibility index (Phi) is 8.94. The highest BCUT2D eigenvalue weighted by Gasteiger charge is 2.30. The number of amidine groups is 2. The number of aryl methyl sites for hydroxylation is 1. The van der Waals surface area contributed by atoms with Gasteiger partial charge in [0.1, 0.15) is 28.9 Å². The quantitative estimate of drug-likeness (QED) is 0.331. The molecule has 0 radical (unpaired) electrons. The summed E-state index contributed by atoms with van der Waals surface area (Å²) in [6, 6.07) is 7.57. The van der Waals surface area contributed by atoms with Crippen LogP contribution in [0.15, 0.2) is 29.3 Å². The van der Waals surface area contributed by atoms with Crippen LogP contribution in [-0.4, -0.2) is 49.2 Å². The molecule has 1 aliphatic rings. The Hall–Kier alpha value is -2.55. The standard InChI is InChI=1S/C18H19ClN4OS.C6H12O2/c1-10-11(2)25-18-16(10)17(12-4-6-13(19)7-5-12)22-8-14(20)23(18)15(21)9-24-3;1-5(7)8-6(2,3)4/h4-7,20-21H,8-9H2,1-3H3;1-4H3. The molecule has 0 fully saturated rings. The Bertz CT molecular complexity index is 1070. The lowest BCUT2D eigenvalue weighted by atomic mass is 10.00. The van der Waals surface area contributed by atoms with Gasteiger partial charge in [0.05, 0.1) is 12.3 Å². The normalized spacial score (nSPS) is 13.4. The molecule has 0 saturated carbocycles. The smallest absolute Gasteiger partial charge is 0.303 e. The molecule has 0 saturated heterocycles. The number of nitrogens with zero attached hydrogens (tertiary/aromatic N) is 2. The third-order valence-corrected chi connectivity index (χ3v) is 6.03. The van der Waals surface area contributed by atoms with Crippen LogP contribution in [-0.2, 0) is 14.3 Å². The van der Waals surface area contributed by atoms with Crippen molar-refractivity contribution < 1.29 is 14.3 Å². The van der Waals surface area contributed by atoms with E-state index in [1.807, 2.05) is 45.0 Å². The van der Waals surface area contributed by atoms with Crippen LogP contribution < -0.4 is 4.90 Å². The molecular weight excluding hydrogens is 460 g/mol. The summed E-state index contributed by atoms with van der Waals surface area (Å²) in [5, 5.41) is 18.2. The fourth-order valence-electron chi connectivity index (χ4n) is 3.23. The van der Waals surface area contributed by atoms with Gasteiger partial charge in [-0.3, -0.25) is 25.5 Å². The third kappa shape index (κ3) is 6.96. The van der Waals surface area contributed by atoms with Gasteiger partial charge < -0.3 is 9.47 Å².